The van der Waals surface area contributed by atoms with Gasteiger partial charge in [0.05, 0.1) is 25.5 Å². The fourth-order valence-corrected chi connectivity index (χ4v) is 4.30. The van der Waals surface area contributed by atoms with E-state index in [1.54, 1.807) is 13.3 Å². The number of pyridine rings is 2. The molecule has 0 aliphatic carbocycles. The molecule has 4 heterocycles. The minimum absolute atomic E-state index is 0.120. The quantitative estimate of drug-likeness (QED) is 0.411. The number of halogens is 2. The molecule has 0 unspecified atom stereocenters. The molecule has 0 radical (unpaired) electrons. The normalized spacial score (nSPS) is 18.2. The first-order chi connectivity index (χ1) is 16.8. The molecule has 35 heavy (non-hydrogen) atoms. The summed E-state index contributed by atoms with van der Waals surface area (Å²) in [6, 6.07) is 9.12. The minimum atomic E-state index is -0.689. The second-order valence-electron chi connectivity index (χ2n) is 8.73. The van der Waals surface area contributed by atoms with Gasteiger partial charge in [0.25, 0.3) is 0 Å². The summed E-state index contributed by atoms with van der Waals surface area (Å²) in [6.07, 6.45) is 1.29. The third-order valence-corrected chi connectivity index (χ3v) is 6.19. The summed E-state index contributed by atoms with van der Waals surface area (Å²) in [4.78, 5) is 20.3. The Balaban J connectivity index is 1.62. The number of morpholine rings is 1. The molecule has 5 rings (SSSR count). The highest BCUT2D eigenvalue weighted by atomic mass is 19.1. The van der Waals surface area contributed by atoms with Crippen molar-refractivity contribution in [1.82, 2.24) is 19.9 Å². The Kier molecular flexibility index (Phi) is 6.02. The van der Waals surface area contributed by atoms with Crippen molar-refractivity contribution in [1.29, 1.82) is 0 Å². The lowest BCUT2D eigenvalue weighted by Gasteiger charge is -2.37. The molecule has 4 aromatic rings. The van der Waals surface area contributed by atoms with Crippen molar-refractivity contribution >= 4 is 17.0 Å². The van der Waals surface area contributed by atoms with Crippen LogP contribution in [0.5, 0.6) is 5.88 Å². The van der Waals surface area contributed by atoms with E-state index in [9.17, 15) is 8.78 Å². The second-order valence-corrected chi connectivity index (χ2v) is 8.73. The monoisotopic (exact) mass is 477 g/mol. The molecule has 2 atom stereocenters. The van der Waals surface area contributed by atoms with Crippen LogP contribution in [0.4, 0.5) is 14.7 Å². The van der Waals surface area contributed by atoms with E-state index in [4.69, 9.17) is 19.4 Å². The number of aryl methyl sites for hydroxylation is 2. The number of aromatic nitrogens is 4. The standard InChI is InChI=1S/C26H25F2N5O2/c1-14-9-20-24(19-6-5-18(27)11-21(19)28)31-26(32-25(20)30-16(14)3)33-12-15(2)35-22(13-33)17-7-8-29-23(10-17)34-4/h5-11,15,22H,12-13H2,1-4H3/t15-,22+/m1/s1. The first-order valence-electron chi connectivity index (χ1n) is 11.3. The Morgan fingerprint density at radius 2 is 1.86 bits per heavy atom. The molecular weight excluding hydrogens is 452 g/mol. The van der Waals surface area contributed by atoms with Crippen molar-refractivity contribution in [2.24, 2.45) is 0 Å². The van der Waals surface area contributed by atoms with Crippen molar-refractivity contribution in [3.8, 4) is 17.1 Å². The average molecular weight is 478 g/mol. The first kappa shape index (κ1) is 23.0. The van der Waals surface area contributed by atoms with Gasteiger partial charge < -0.3 is 14.4 Å². The number of rotatable bonds is 4. The molecule has 0 bridgehead atoms. The predicted octanol–water partition coefficient (Wildman–Crippen LogP) is 4.96. The van der Waals surface area contributed by atoms with Gasteiger partial charge in [-0.2, -0.15) is 4.98 Å². The molecule has 1 aromatic carbocycles. The van der Waals surface area contributed by atoms with E-state index in [1.807, 2.05) is 43.9 Å². The zero-order valence-corrected chi connectivity index (χ0v) is 19.9. The van der Waals surface area contributed by atoms with Crippen LogP contribution in [0, 0.1) is 25.5 Å². The number of hydrogen-bond donors (Lipinski definition) is 0. The Morgan fingerprint density at radius 1 is 1.03 bits per heavy atom. The van der Waals surface area contributed by atoms with Crippen LogP contribution in [0.2, 0.25) is 0 Å². The summed E-state index contributed by atoms with van der Waals surface area (Å²) in [6.45, 7) is 6.82. The predicted molar refractivity (Wildman–Crippen MR) is 128 cm³/mol. The largest absolute Gasteiger partial charge is 0.481 e. The van der Waals surface area contributed by atoms with Crippen LogP contribution in [-0.4, -0.2) is 46.2 Å². The van der Waals surface area contributed by atoms with Crippen molar-refractivity contribution < 1.29 is 18.3 Å². The van der Waals surface area contributed by atoms with Gasteiger partial charge in [0.2, 0.25) is 11.8 Å². The summed E-state index contributed by atoms with van der Waals surface area (Å²) in [5.41, 5.74) is 3.71. The van der Waals surface area contributed by atoms with Crippen LogP contribution in [-0.2, 0) is 4.74 Å². The fraction of sp³-hybridized carbons (Fsp3) is 0.308. The zero-order chi connectivity index (χ0) is 24.7. The molecular formula is C26H25F2N5O2. The molecule has 1 aliphatic rings. The number of hydrogen-bond acceptors (Lipinski definition) is 7. The van der Waals surface area contributed by atoms with Gasteiger partial charge in [-0.1, -0.05) is 0 Å². The summed E-state index contributed by atoms with van der Waals surface area (Å²) in [7, 11) is 1.57. The highest BCUT2D eigenvalue weighted by Gasteiger charge is 2.29. The molecule has 1 aliphatic heterocycles. The van der Waals surface area contributed by atoms with Gasteiger partial charge in [-0.05, 0) is 56.2 Å². The van der Waals surface area contributed by atoms with Gasteiger partial charge in [0.15, 0.2) is 5.65 Å². The molecule has 0 N–H and O–H groups in total. The SMILES string of the molecule is COc1cc([C@@H]2CN(c3nc(-c4ccc(F)cc4F)c4cc(C)c(C)nc4n3)C[C@@H](C)O2)ccn1. The molecule has 7 nitrogen and oxygen atoms in total. The third-order valence-electron chi connectivity index (χ3n) is 6.19. The Morgan fingerprint density at radius 3 is 2.63 bits per heavy atom. The molecule has 180 valence electrons. The van der Waals surface area contributed by atoms with Crippen LogP contribution < -0.4 is 9.64 Å². The lowest BCUT2D eigenvalue weighted by atomic mass is 10.1. The number of methoxy groups -OCH3 is 1. The average Bonchev–Trinajstić information content (AvgIpc) is 2.84. The van der Waals surface area contributed by atoms with Crippen molar-refractivity contribution in [2.45, 2.75) is 33.0 Å². The van der Waals surface area contributed by atoms with Crippen LogP contribution in [0.3, 0.4) is 0 Å². The van der Waals surface area contributed by atoms with Crippen molar-refractivity contribution in [3.63, 3.8) is 0 Å². The van der Waals surface area contributed by atoms with Crippen LogP contribution in [0.15, 0.2) is 42.6 Å². The van der Waals surface area contributed by atoms with Gasteiger partial charge in [-0.25, -0.2) is 23.7 Å². The van der Waals surface area contributed by atoms with Gasteiger partial charge in [-0.15, -0.1) is 0 Å². The topological polar surface area (TPSA) is 73.3 Å². The number of ether oxygens (including phenoxy) is 2. The van der Waals surface area contributed by atoms with Crippen molar-refractivity contribution in [2.75, 3.05) is 25.1 Å². The Bertz CT molecular complexity index is 1410. The van der Waals surface area contributed by atoms with Crippen molar-refractivity contribution in [3.05, 3.63) is 71.1 Å². The molecule has 0 spiro atoms. The van der Waals surface area contributed by atoms with Crippen LogP contribution in [0.1, 0.15) is 29.8 Å². The molecule has 0 amide bonds. The molecule has 3 aromatic heterocycles. The number of nitrogens with zero attached hydrogens (tertiary/aromatic N) is 5. The number of fused-ring (bicyclic) bond motifs is 1. The molecule has 9 heteroatoms. The maximum absolute atomic E-state index is 14.9. The maximum Gasteiger partial charge on any atom is 0.228 e. The highest BCUT2D eigenvalue weighted by molar-refractivity contribution is 5.92. The van der Waals surface area contributed by atoms with Gasteiger partial charge in [0.1, 0.15) is 17.7 Å². The first-order valence-corrected chi connectivity index (χ1v) is 11.3. The molecule has 1 saturated heterocycles. The van der Waals surface area contributed by atoms with E-state index in [0.29, 0.717) is 41.6 Å². The molecule has 1 fully saturated rings. The minimum Gasteiger partial charge on any atom is -0.481 e. The molecule has 0 saturated carbocycles. The third kappa shape index (κ3) is 4.51. The van der Waals surface area contributed by atoms with E-state index in [1.165, 1.54) is 12.1 Å². The number of benzene rings is 1. The second kappa shape index (κ2) is 9.14. The van der Waals surface area contributed by atoms with E-state index >= 15 is 0 Å². The fourth-order valence-electron chi connectivity index (χ4n) is 4.30. The number of anilines is 1. The van der Waals surface area contributed by atoms with E-state index in [2.05, 4.69) is 9.97 Å². The van der Waals surface area contributed by atoms with Gasteiger partial charge in [0, 0.05) is 41.5 Å². The van der Waals surface area contributed by atoms with Gasteiger partial charge >= 0.3 is 0 Å². The smallest absolute Gasteiger partial charge is 0.228 e. The Hall–Kier alpha value is -3.72. The lowest BCUT2D eigenvalue weighted by Crippen LogP contribution is -2.43. The Labute approximate surface area is 201 Å². The summed E-state index contributed by atoms with van der Waals surface area (Å²) >= 11 is 0. The summed E-state index contributed by atoms with van der Waals surface area (Å²) in [5, 5.41) is 0.610. The zero-order valence-electron chi connectivity index (χ0n) is 19.9. The maximum atomic E-state index is 14.9. The van der Waals surface area contributed by atoms with E-state index in [-0.39, 0.29) is 17.8 Å². The van der Waals surface area contributed by atoms with Crippen LogP contribution in [0.25, 0.3) is 22.3 Å². The summed E-state index contributed by atoms with van der Waals surface area (Å²) in [5.74, 6) is -0.422. The van der Waals surface area contributed by atoms with E-state index in [0.717, 1.165) is 22.9 Å². The van der Waals surface area contributed by atoms with Crippen LogP contribution >= 0.6 is 0 Å². The lowest BCUT2D eigenvalue weighted by molar-refractivity contribution is -0.0179. The van der Waals surface area contributed by atoms with Gasteiger partial charge in [-0.3, -0.25) is 0 Å². The summed E-state index contributed by atoms with van der Waals surface area (Å²) < 4.78 is 40.0. The highest BCUT2D eigenvalue weighted by Crippen LogP contribution is 2.33. The van der Waals surface area contributed by atoms with E-state index < -0.39 is 11.6 Å².